The molecular formula is C22H22FN3O2S. The van der Waals surface area contributed by atoms with Crippen LogP contribution in [-0.2, 0) is 9.59 Å². The summed E-state index contributed by atoms with van der Waals surface area (Å²) in [6.45, 7) is 1.94. The van der Waals surface area contributed by atoms with Gasteiger partial charge in [0.25, 0.3) is 0 Å². The standard InChI is InChI=1S/C22H22FN3O2S/c1-15-4-6-16(7-5-15)22(19-3-2-12-29-19)25-13-20(27)24-14-21(28)26-18-10-8-17(23)9-11-18/h2-12,22,25H,13-14H2,1H3,(H,24,27)(H,26,28)/t22-/m1/s1. The zero-order valence-corrected chi connectivity index (χ0v) is 16.8. The molecule has 0 bridgehead atoms. The number of nitrogens with one attached hydrogen (secondary N) is 3. The molecule has 0 unspecified atom stereocenters. The van der Waals surface area contributed by atoms with E-state index in [9.17, 15) is 14.0 Å². The number of hydrogen-bond acceptors (Lipinski definition) is 4. The minimum atomic E-state index is -0.378. The molecule has 1 atom stereocenters. The highest BCUT2D eigenvalue weighted by Crippen LogP contribution is 2.26. The third-order valence-corrected chi connectivity index (χ3v) is 5.22. The van der Waals surface area contributed by atoms with Gasteiger partial charge in [0.1, 0.15) is 5.82 Å². The molecule has 150 valence electrons. The van der Waals surface area contributed by atoms with Gasteiger partial charge in [-0.3, -0.25) is 14.9 Å². The molecule has 0 aliphatic rings. The van der Waals surface area contributed by atoms with Crippen LogP contribution in [0.4, 0.5) is 10.1 Å². The van der Waals surface area contributed by atoms with Crippen molar-refractivity contribution in [3.63, 3.8) is 0 Å². The van der Waals surface area contributed by atoms with E-state index in [0.717, 1.165) is 10.4 Å². The minimum absolute atomic E-state index is 0.0697. The van der Waals surface area contributed by atoms with Crippen molar-refractivity contribution in [2.24, 2.45) is 0 Å². The van der Waals surface area contributed by atoms with Gasteiger partial charge in [-0.1, -0.05) is 35.9 Å². The van der Waals surface area contributed by atoms with Crippen molar-refractivity contribution in [2.75, 3.05) is 18.4 Å². The normalized spacial score (nSPS) is 11.7. The lowest BCUT2D eigenvalue weighted by atomic mass is 10.0. The highest BCUT2D eigenvalue weighted by molar-refractivity contribution is 7.10. The summed E-state index contributed by atoms with van der Waals surface area (Å²) in [6.07, 6.45) is 0. The lowest BCUT2D eigenvalue weighted by molar-refractivity contribution is -0.123. The molecule has 2 amide bonds. The molecule has 0 saturated carbocycles. The van der Waals surface area contributed by atoms with Crippen molar-refractivity contribution in [1.82, 2.24) is 10.6 Å². The molecule has 0 saturated heterocycles. The van der Waals surface area contributed by atoms with E-state index in [1.165, 1.54) is 29.8 Å². The molecule has 0 radical (unpaired) electrons. The maximum atomic E-state index is 12.9. The van der Waals surface area contributed by atoms with Gasteiger partial charge in [0.2, 0.25) is 11.8 Å². The number of halogens is 1. The van der Waals surface area contributed by atoms with Gasteiger partial charge < -0.3 is 10.6 Å². The highest BCUT2D eigenvalue weighted by Gasteiger charge is 2.16. The van der Waals surface area contributed by atoms with Gasteiger partial charge in [-0.25, -0.2) is 4.39 Å². The molecule has 3 N–H and O–H groups in total. The summed E-state index contributed by atoms with van der Waals surface area (Å²) in [6, 6.07) is 17.5. The van der Waals surface area contributed by atoms with Crippen LogP contribution < -0.4 is 16.0 Å². The van der Waals surface area contributed by atoms with Crippen LogP contribution in [0.15, 0.2) is 66.0 Å². The van der Waals surface area contributed by atoms with Crippen LogP contribution in [-0.4, -0.2) is 24.9 Å². The molecule has 2 aromatic carbocycles. The van der Waals surface area contributed by atoms with E-state index in [0.29, 0.717) is 5.69 Å². The van der Waals surface area contributed by atoms with E-state index in [-0.39, 0.29) is 36.8 Å². The molecule has 0 aliphatic carbocycles. The summed E-state index contributed by atoms with van der Waals surface area (Å²) in [5, 5.41) is 10.5. The van der Waals surface area contributed by atoms with Gasteiger partial charge in [-0.2, -0.15) is 0 Å². The zero-order chi connectivity index (χ0) is 20.6. The summed E-state index contributed by atoms with van der Waals surface area (Å²) >= 11 is 1.62. The van der Waals surface area contributed by atoms with Crippen molar-refractivity contribution < 1.29 is 14.0 Å². The van der Waals surface area contributed by atoms with Crippen LogP contribution in [0.1, 0.15) is 22.0 Å². The summed E-state index contributed by atoms with van der Waals surface area (Å²) < 4.78 is 12.9. The second-order valence-electron chi connectivity index (χ2n) is 6.57. The number of rotatable bonds is 8. The number of amides is 2. The third-order valence-electron chi connectivity index (χ3n) is 4.28. The average molecular weight is 412 g/mol. The number of carbonyl (C=O) groups excluding carboxylic acids is 2. The van der Waals surface area contributed by atoms with Crippen molar-refractivity contribution >= 4 is 28.8 Å². The Morgan fingerprint density at radius 1 is 0.966 bits per heavy atom. The van der Waals surface area contributed by atoms with Crippen molar-refractivity contribution in [3.05, 3.63) is 87.9 Å². The molecule has 5 nitrogen and oxygen atoms in total. The molecule has 1 aromatic heterocycles. The second-order valence-corrected chi connectivity index (χ2v) is 7.55. The van der Waals surface area contributed by atoms with Gasteiger partial charge >= 0.3 is 0 Å². The van der Waals surface area contributed by atoms with E-state index in [4.69, 9.17) is 0 Å². The van der Waals surface area contributed by atoms with Gasteiger partial charge in [0, 0.05) is 10.6 Å². The van der Waals surface area contributed by atoms with Crippen LogP contribution in [0, 0.1) is 12.7 Å². The molecule has 3 rings (SSSR count). The first-order valence-electron chi connectivity index (χ1n) is 9.17. The van der Waals surface area contributed by atoms with Crippen LogP contribution >= 0.6 is 11.3 Å². The Labute approximate surface area is 173 Å². The monoisotopic (exact) mass is 411 g/mol. The Bertz CT molecular complexity index is 941. The molecule has 29 heavy (non-hydrogen) atoms. The van der Waals surface area contributed by atoms with E-state index in [1.807, 2.05) is 48.7 Å². The molecule has 3 aromatic rings. The lowest BCUT2D eigenvalue weighted by Gasteiger charge is -2.18. The van der Waals surface area contributed by atoms with Crippen molar-refractivity contribution in [1.29, 1.82) is 0 Å². The fraction of sp³-hybridized carbons (Fsp3) is 0.182. The fourth-order valence-corrected chi connectivity index (χ4v) is 3.60. The van der Waals surface area contributed by atoms with E-state index < -0.39 is 0 Å². The molecule has 0 spiro atoms. The first kappa shape index (κ1) is 20.7. The van der Waals surface area contributed by atoms with E-state index >= 15 is 0 Å². The number of aryl methyl sites for hydroxylation is 1. The first-order valence-corrected chi connectivity index (χ1v) is 10.0. The second kappa shape index (κ2) is 9.95. The van der Waals surface area contributed by atoms with Crippen LogP contribution in [0.25, 0.3) is 0 Å². The number of benzene rings is 2. The van der Waals surface area contributed by atoms with E-state index in [1.54, 1.807) is 11.3 Å². The third kappa shape index (κ3) is 6.23. The Kier molecular flexibility index (Phi) is 7.10. The molecular weight excluding hydrogens is 389 g/mol. The fourth-order valence-electron chi connectivity index (χ4n) is 2.77. The summed E-state index contributed by atoms with van der Waals surface area (Å²) in [4.78, 5) is 25.3. The quantitative estimate of drug-likeness (QED) is 0.530. The predicted molar refractivity (Wildman–Crippen MR) is 113 cm³/mol. The molecule has 0 fully saturated rings. The first-order chi connectivity index (χ1) is 14.0. The lowest BCUT2D eigenvalue weighted by Crippen LogP contribution is -2.39. The maximum absolute atomic E-state index is 12.9. The van der Waals surface area contributed by atoms with Crippen LogP contribution in [0.2, 0.25) is 0 Å². The van der Waals surface area contributed by atoms with Crippen LogP contribution in [0.5, 0.6) is 0 Å². The van der Waals surface area contributed by atoms with E-state index in [2.05, 4.69) is 16.0 Å². The van der Waals surface area contributed by atoms with Crippen molar-refractivity contribution in [3.8, 4) is 0 Å². The number of hydrogen-bond donors (Lipinski definition) is 3. The molecule has 1 heterocycles. The number of anilines is 1. The Morgan fingerprint density at radius 2 is 1.69 bits per heavy atom. The highest BCUT2D eigenvalue weighted by atomic mass is 32.1. The number of carbonyl (C=O) groups is 2. The average Bonchev–Trinajstić information content (AvgIpc) is 3.24. The maximum Gasteiger partial charge on any atom is 0.243 e. The van der Waals surface area contributed by atoms with Gasteiger partial charge in [-0.05, 0) is 48.2 Å². The smallest absolute Gasteiger partial charge is 0.243 e. The zero-order valence-electron chi connectivity index (χ0n) is 15.9. The molecule has 0 aliphatic heterocycles. The summed E-state index contributed by atoms with van der Waals surface area (Å²) in [5.41, 5.74) is 2.71. The Morgan fingerprint density at radius 3 is 2.34 bits per heavy atom. The van der Waals surface area contributed by atoms with Crippen molar-refractivity contribution in [2.45, 2.75) is 13.0 Å². The summed E-state index contributed by atoms with van der Waals surface area (Å²) in [5.74, 6) is -1.04. The largest absolute Gasteiger partial charge is 0.346 e. The van der Waals surface area contributed by atoms with Gasteiger partial charge in [-0.15, -0.1) is 11.3 Å². The molecule has 7 heteroatoms. The number of thiophene rings is 1. The Balaban J connectivity index is 1.51. The summed E-state index contributed by atoms with van der Waals surface area (Å²) in [7, 11) is 0. The SMILES string of the molecule is Cc1ccc([C@@H](NCC(=O)NCC(=O)Nc2ccc(F)cc2)c2cccs2)cc1. The minimum Gasteiger partial charge on any atom is -0.346 e. The Hall–Kier alpha value is -3.03. The van der Waals surface area contributed by atoms with Gasteiger partial charge in [0.05, 0.1) is 19.1 Å². The van der Waals surface area contributed by atoms with Gasteiger partial charge in [0.15, 0.2) is 0 Å². The topological polar surface area (TPSA) is 70.2 Å². The van der Waals surface area contributed by atoms with Crippen LogP contribution in [0.3, 0.4) is 0 Å². The predicted octanol–water partition coefficient (Wildman–Crippen LogP) is 3.63.